The molecule has 0 fully saturated rings. The van der Waals surface area contributed by atoms with Crippen molar-refractivity contribution in [2.75, 3.05) is 14.7 Å². The second-order valence-electron chi connectivity index (χ2n) is 19.1. The maximum absolute atomic E-state index is 2.66. The van der Waals surface area contributed by atoms with Gasteiger partial charge in [0.25, 0.3) is 13.4 Å². The minimum atomic E-state index is -0.0257. The first-order valence-corrected chi connectivity index (χ1v) is 24.8. The molecule has 4 aliphatic rings. The average molecular weight is 900 g/mol. The maximum Gasteiger partial charge on any atom is 0.252 e. The number of para-hydroxylation sites is 6. The van der Waals surface area contributed by atoms with Crippen LogP contribution in [0.15, 0.2) is 261 Å². The van der Waals surface area contributed by atoms with Crippen molar-refractivity contribution < 1.29 is 0 Å². The SMILES string of the molecule is c1ccc(-c2ccccc2-c2cccc(-c3ccccc3-c3ccccc3)c2N2c3ccccc3B3c4ccccc4N4c5ccccc5B5c6ccccc6N(c6ccccc6)c6cc2c3c4c65)cc1. The van der Waals surface area contributed by atoms with E-state index in [0.29, 0.717) is 0 Å². The van der Waals surface area contributed by atoms with E-state index in [4.69, 9.17) is 0 Å². The molecule has 15 rings (SSSR count). The summed E-state index contributed by atoms with van der Waals surface area (Å²) in [5, 5.41) is 0. The van der Waals surface area contributed by atoms with Crippen LogP contribution in [-0.4, -0.2) is 13.4 Å². The van der Waals surface area contributed by atoms with Crippen molar-refractivity contribution in [2.24, 2.45) is 0 Å². The third-order valence-corrected chi connectivity index (χ3v) is 15.5. The number of hydrogen-bond donors (Lipinski definition) is 0. The van der Waals surface area contributed by atoms with Crippen LogP contribution >= 0.6 is 0 Å². The van der Waals surface area contributed by atoms with Crippen LogP contribution in [0.3, 0.4) is 0 Å². The maximum atomic E-state index is 2.66. The Kier molecular flexibility index (Phi) is 8.85. The Morgan fingerprint density at radius 2 is 0.549 bits per heavy atom. The van der Waals surface area contributed by atoms with Crippen molar-refractivity contribution in [1.29, 1.82) is 0 Å². The van der Waals surface area contributed by atoms with Crippen LogP contribution in [0.25, 0.3) is 44.5 Å². The molecule has 0 amide bonds. The molecular weight excluding hydrogens is 856 g/mol. The van der Waals surface area contributed by atoms with Gasteiger partial charge in [0.1, 0.15) is 0 Å². The van der Waals surface area contributed by atoms with E-state index in [9.17, 15) is 0 Å². The summed E-state index contributed by atoms with van der Waals surface area (Å²) in [7, 11) is 0. The molecule has 0 bridgehead atoms. The Labute approximate surface area is 415 Å². The number of hydrogen-bond acceptors (Lipinski definition) is 3. The van der Waals surface area contributed by atoms with Crippen molar-refractivity contribution >= 4 is 97.4 Å². The lowest BCUT2D eigenvalue weighted by Crippen LogP contribution is -2.68. The Balaban J connectivity index is 1.12. The Hall–Kier alpha value is -9.05. The molecule has 71 heavy (non-hydrogen) atoms. The number of rotatable bonds is 6. The number of fused-ring (bicyclic) bond motifs is 10. The van der Waals surface area contributed by atoms with Gasteiger partial charge in [0.2, 0.25) is 0 Å². The first kappa shape index (κ1) is 39.9. The van der Waals surface area contributed by atoms with Crippen LogP contribution in [0.1, 0.15) is 0 Å². The van der Waals surface area contributed by atoms with Gasteiger partial charge in [0, 0.05) is 56.6 Å². The molecule has 4 aliphatic heterocycles. The predicted octanol–water partition coefficient (Wildman–Crippen LogP) is 13.0. The summed E-state index contributed by atoms with van der Waals surface area (Å²) in [5.41, 5.74) is 28.2. The van der Waals surface area contributed by atoms with Crippen molar-refractivity contribution in [3.63, 3.8) is 0 Å². The minimum absolute atomic E-state index is 0.0174. The fourth-order valence-corrected chi connectivity index (χ4v) is 12.7. The molecule has 0 radical (unpaired) electrons. The van der Waals surface area contributed by atoms with Crippen LogP contribution in [0, 0.1) is 0 Å². The van der Waals surface area contributed by atoms with Gasteiger partial charge in [-0.1, -0.05) is 218 Å². The molecule has 0 aliphatic carbocycles. The molecule has 4 heterocycles. The Bertz CT molecular complexity index is 3810. The van der Waals surface area contributed by atoms with Crippen LogP contribution in [0.5, 0.6) is 0 Å². The number of benzene rings is 11. The van der Waals surface area contributed by atoms with Gasteiger partial charge in [-0.05, 0) is 109 Å². The molecule has 11 aromatic carbocycles. The van der Waals surface area contributed by atoms with E-state index in [2.05, 4.69) is 276 Å². The van der Waals surface area contributed by atoms with Gasteiger partial charge in [-0.15, -0.1) is 0 Å². The van der Waals surface area contributed by atoms with E-state index >= 15 is 0 Å². The zero-order chi connectivity index (χ0) is 46.6. The van der Waals surface area contributed by atoms with E-state index in [1.807, 2.05) is 0 Å². The van der Waals surface area contributed by atoms with Crippen LogP contribution in [0.2, 0.25) is 0 Å². The van der Waals surface area contributed by atoms with Gasteiger partial charge in [-0.2, -0.15) is 0 Å². The summed E-state index contributed by atoms with van der Waals surface area (Å²) < 4.78 is 0. The molecule has 0 unspecified atom stereocenters. The highest BCUT2D eigenvalue weighted by Crippen LogP contribution is 2.54. The van der Waals surface area contributed by atoms with Crippen molar-refractivity contribution in [2.45, 2.75) is 0 Å². The van der Waals surface area contributed by atoms with Gasteiger partial charge in [0.15, 0.2) is 0 Å². The van der Waals surface area contributed by atoms with Gasteiger partial charge in [-0.3, -0.25) is 0 Å². The molecule has 0 saturated carbocycles. The number of anilines is 9. The third kappa shape index (κ3) is 5.81. The van der Waals surface area contributed by atoms with E-state index in [1.54, 1.807) is 0 Å². The predicted molar refractivity (Wildman–Crippen MR) is 302 cm³/mol. The molecule has 0 atom stereocenters. The second kappa shape index (κ2) is 15.7. The van der Waals surface area contributed by atoms with Crippen LogP contribution < -0.4 is 47.5 Å². The smallest absolute Gasteiger partial charge is 0.252 e. The van der Waals surface area contributed by atoms with Crippen molar-refractivity contribution in [1.82, 2.24) is 0 Å². The van der Waals surface area contributed by atoms with E-state index in [-0.39, 0.29) is 13.4 Å². The first-order chi connectivity index (χ1) is 35.3. The van der Waals surface area contributed by atoms with Gasteiger partial charge in [0.05, 0.1) is 5.69 Å². The highest BCUT2D eigenvalue weighted by Gasteiger charge is 2.51. The molecule has 0 spiro atoms. The summed E-state index contributed by atoms with van der Waals surface area (Å²) in [4.78, 5) is 7.83. The summed E-state index contributed by atoms with van der Waals surface area (Å²) in [6, 6.07) is 97.0. The van der Waals surface area contributed by atoms with Crippen molar-refractivity contribution in [3.8, 4) is 44.5 Å². The van der Waals surface area contributed by atoms with Gasteiger partial charge >= 0.3 is 0 Å². The molecule has 5 heteroatoms. The molecule has 0 aromatic heterocycles. The van der Waals surface area contributed by atoms with Crippen molar-refractivity contribution in [3.05, 3.63) is 261 Å². The topological polar surface area (TPSA) is 9.72 Å². The lowest BCUT2D eigenvalue weighted by atomic mass is 9.29. The Morgan fingerprint density at radius 1 is 0.225 bits per heavy atom. The summed E-state index contributed by atoms with van der Waals surface area (Å²) in [5.74, 6) is 0. The lowest BCUT2D eigenvalue weighted by molar-refractivity contribution is 1.23. The van der Waals surface area contributed by atoms with Gasteiger partial charge in [-0.25, -0.2) is 0 Å². The Morgan fingerprint density at radius 3 is 1.00 bits per heavy atom. The highest BCUT2D eigenvalue weighted by atomic mass is 15.2. The summed E-state index contributed by atoms with van der Waals surface area (Å²) in [6.45, 7) is -0.00827. The largest absolute Gasteiger partial charge is 0.312 e. The fourth-order valence-electron chi connectivity index (χ4n) is 12.7. The summed E-state index contributed by atoms with van der Waals surface area (Å²) >= 11 is 0. The average Bonchev–Trinajstić information content (AvgIpc) is 3.45. The summed E-state index contributed by atoms with van der Waals surface area (Å²) in [6.07, 6.45) is 0. The number of nitrogens with zero attached hydrogens (tertiary/aromatic N) is 3. The van der Waals surface area contributed by atoms with E-state index in [1.165, 1.54) is 106 Å². The third-order valence-electron chi connectivity index (χ3n) is 15.5. The lowest BCUT2D eigenvalue weighted by Gasteiger charge is -2.51. The minimum Gasteiger partial charge on any atom is -0.312 e. The van der Waals surface area contributed by atoms with E-state index < -0.39 is 0 Å². The van der Waals surface area contributed by atoms with Crippen LogP contribution in [0.4, 0.5) is 51.2 Å². The fraction of sp³-hybridized carbons (Fsp3) is 0. The zero-order valence-corrected chi connectivity index (χ0v) is 38.8. The first-order valence-electron chi connectivity index (χ1n) is 24.8. The molecule has 0 N–H and O–H groups in total. The van der Waals surface area contributed by atoms with Gasteiger partial charge < -0.3 is 14.7 Å². The highest BCUT2D eigenvalue weighted by molar-refractivity contribution is 7.04. The standard InChI is InChI=1S/C66H43B2N3/c1-4-23-44(24-5-1)47-29-10-12-31-49(47)51-33-22-34-52(50-32-13-11-30-48(50)45-25-6-2-7-26-45)65(51)71-60-42-21-17-38-56(60)68-55-37-16-20-41-59(55)70-58-40-19-15-36-54(58)67-53-35-14-18-39-57(53)69(46-27-8-3-9-28-46)61-43-62(71)64(68)66(70)63(61)67/h1-43H. The molecule has 0 saturated heterocycles. The van der Waals surface area contributed by atoms with Crippen LogP contribution in [-0.2, 0) is 0 Å². The molecular formula is C66H43B2N3. The normalized spacial score (nSPS) is 13.2. The zero-order valence-electron chi connectivity index (χ0n) is 38.8. The molecule has 3 nitrogen and oxygen atoms in total. The molecule has 328 valence electrons. The monoisotopic (exact) mass is 899 g/mol. The molecule has 11 aromatic rings. The quantitative estimate of drug-likeness (QED) is 0.154. The van der Waals surface area contributed by atoms with E-state index in [0.717, 1.165) is 22.5 Å². The second-order valence-corrected chi connectivity index (χ2v) is 19.1.